The van der Waals surface area contributed by atoms with Gasteiger partial charge in [0.25, 0.3) is 0 Å². The molecule has 1 aromatic heterocycles. The van der Waals surface area contributed by atoms with Crippen molar-refractivity contribution in [3.8, 4) is 0 Å². The quantitative estimate of drug-likeness (QED) is 0.853. The largest absolute Gasteiger partial charge is 0.357 e. The molecule has 2 rings (SSSR count). The Morgan fingerprint density at radius 1 is 1.05 bits per heavy atom. The Labute approximate surface area is 129 Å². The first kappa shape index (κ1) is 15.3. The molecule has 0 spiro atoms. The lowest BCUT2D eigenvalue weighted by atomic mass is 10.1. The molecule has 0 aliphatic carbocycles. The molecule has 0 atom stereocenters. The van der Waals surface area contributed by atoms with Crippen molar-refractivity contribution in [3.63, 3.8) is 0 Å². The van der Waals surface area contributed by atoms with E-state index in [1.54, 1.807) is 7.05 Å². The van der Waals surface area contributed by atoms with E-state index in [-0.39, 0.29) is 0 Å². The van der Waals surface area contributed by atoms with Gasteiger partial charge in [-0.2, -0.15) is 15.0 Å². The van der Waals surface area contributed by atoms with Crippen LogP contribution in [0.4, 0.5) is 17.8 Å². The lowest BCUT2D eigenvalue weighted by Gasteiger charge is -2.13. The van der Waals surface area contributed by atoms with Gasteiger partial charge in [0, 0.05) is 32.7 Å². The van der Waals surface area contributed by atoms with Gasteiger partial charge in [-0.3, -0.25) is 0 Å². The highest BCUT2D eigenvalue weighted by atomic mass is 35.5. The van der Waals surface area contributed by atoms with Gasteiger partial charge in [0.1, 0.15) is 0 Å². The zero-order valence-corrected chi connectivity index (χ0v) is 13.1. The molecule has 0 unspecified atom stereocenters. The number of nitrogens with one attached hydrogen (secondary N) is 2. The maximum atomic E-state index is 5.87. The molecule has 21 heavy (non-hydrogen) atoms. The molecule has 1 heterocycles. The standard InChI is InChI=1S/C14H19ClN6/c1-16-12-18-13(20-14(19-12)21(2)3)17-9-8-10-4-6-11(15)7-5-10/h4-7H,8-9H2,1-3H3,(H2,16,17,18,19,20). The van der Waals surface area contributed by atoms with Crippen LogP contribution in [-0.2, 0) is 6.42 Å². The predicted molar refractivity (Wildman–Crippen MR) is 87.3 cm³/mol. The second kappa shape index (κ2) is 7.08. The van der Waals surface area contributed by atoms with E-state index in [0.29, 0.717) is 17.8 Å². The molecule has 6 nitrogen and oxygen atoms in total. The Morgan fingerprint density at radius 3 is 2.33 bits per heavy atom. The molecule has 0 fully saturated rings. The van der Waals surface area contributed by atoms with Crippen LogP contribution in [0.1, 0.15) is 5.56 Å². The summed E-state index contributed by atoms with van der Waals surface area (Å²) in [5.41, 5.74) is 1.21. The minimum atomic E-state index is 0.544. The molecule has 7 heteroatoms. The van der Waals surface area contributed by atoms with Crippen molar-refractivity contribution in [2.24, 2.45) is 0 Å². The third-order valence-electron chi connectivity index (χ3n) is 2.86. The van der Waals surface area contributed by atoms with Crippen molar-refractivity contribution >= 4 is 29.4 Å². The monoisotopic (exact) mass is 306 g/mol. The van der Waals surface area contributed by atoms with E-state index < -0.39 is 0 Å². The first-order valence-electron chi connectivity index (χ1n) is 6.68. The zero-order valence-electron chi connectivity index (χ0n) is 12.4. The number of anilines is 3. The maximum absolute atomic E-state index is 5.87. The summed E-state index contributed by atoms with van der Waals surface area (Å²) in [6.45, 7) is 0.738. The van der Waals surface area contributed by atoms with Crippen LogP contribution in [0.25, 0.3) is 0 Å². The summed E-state index contributed by atoms with van der Waals surface area (Å²) in [6.07, 6.45) is 0.870. The molecule has 1 aromatic carbocycles. The van der Waals surface area contributed by atoms with E-state index in [1.807, 2.05) is 43.3 Å². The molecule has 0 aliphatic rings. The van der Waals surface area contributed by atoms with Crippen molar-refractivity contribution in [2.45, 2.75) is 6.42 Å². The van der Waals surface area contributed by atoms with Crippen LogP contribution in [0.15, 0.2) is 24.3 Å². The van der Waals surface area contributed by atoms with Gasteiger partial charge in [-0.25, -0.2) is 0 Å². The molecule has 0 saturated heterocycles. The average molecular weight is 307 g/mol. The van der Waals surface area contributed by atoms with E-state index in [0.717, 1.165) is 18.0 Å². The van der Waals surface area contributed by atoms with Crippen molar-refractivity contribution in [1.29, 1.82) is 0 Å². The number of hydrogen-bond donors (Lipinski definition) is 2. The molecule has 0 aliphatic heterocycles. The van der Waals surface area contributed by atoms with E-state index in [1.165, 1.54) is 5.56 Å². The first-order chi connectivity index (χ1) is 10.1. The van der Waals surface area contributed by atoms with Gasteiger partial charge in [-0.15, -0.1) is 0 Å². The Hall–Kier alpha value is -2.08. The SMILES string of the molecule is CNc1nc(NCCc2ccc(Cl)cc2)nc(N(C)C)n1. The summed E-state index contributed by atoms with van der Waals surface area (Å²) < 4.78 is 0. The Kier molecular flexibility index (Phi) is 5.16. The highest BCUT2D eigenvalue weighted by molar-refractivity contribution is 6.30. The summed E-state index contributed by atoms with van der Waals surface area (Å²) in [5.74, 6) is 1.72. The summed E-state index contributed by atoms with van der Waals surface area (Å²) in [7, 11) is 5.57. The van der Waals surface area contributed by atoms with Crippen LogP contribution >= 0.6 is 11.6 Å². The molecule has 112 valence electrons. The zero-order chi connectivity index (χ0) is 15.2. The maximum Gasteiger partial charge on any atom is 0.231 e. The fourth-order valence-corrected chi connectivity index (χ4v) is 1.85. The van der Waals surface area contributed by atoms with Gasteiger partial charge in [-0.05, 0) is 24.1 Å². The minimum absolute atomic E-state index is 0.544. The van der Waals surface area contributed by atoms with Crippen molar-refractivity contribution in [3.05, 3.63) is 34.9 Å². The Bertz CT molecular complexity index is 585. The fraction of sp³-hybridized carbons (Fsp3) is 0.357. The Balaban J connectivity index is 1.99. The highest BCUT2D eigenvalue weighted by Crippen LogP contribution is 2.12. The topological polar surface area (TPSA) is 66.0 Å². The number of rotatable bonds is 6. The average Bonchev–Trinajstić information content (AvgIpc) is 2.49. The molecule has 0 bridgehead atoms. The van der Waals surface area contributed by atoms with E-state index >= 15 is 0 Å². The van der Waals surface area contributed by atoms with Gasteiger partial charge in [0.15, 0.2) is 0 Å². The molecular formula is C14H19ClN6. The summed E-state index contributed by atoms with van der Waals surface area (Å²) >= 11 is 5.87. The molecular weight excluding hydrogens is 288 g/mol. The van der Waals surface area contributed by atoms with Crippen LogP contribution in [-0.4, -0.2) is 42.6 Å². The normalized spacial score (nSPS) is 10.3. The number of halogens is 1. The molecule has 0 radical (unpaired) electrons. The van der Waals surface area contributed by atoms with Crippen LogP contribution in [0.2, 0.25) is 5.02 Å². The van der Waals surface area contributed by atoms with Crippen molar-refractivity contribution < 1.29 is 0 Å². The lowest BCUT2D eigenvalue weighted by molar-refractivity contribution is 0.931. The van der Waals surface area contributed by atoms with Gasteiger partial charge in [0.2, 0.25) is 17.8 Å². The third kappa shape index (κ3) is 4.46. The van der Waals surface area contributed by atoms with Gasteiger partial charge < -0.3 is 15.5 Å². The van der Waals surface area contributed by atoms with Crippen LogP contribution in [0, 0.1) is 0 Å². The predicted octanol–water partition coefficient (Wildman–Crippen LogP) is 2.29. The smallest absolute Gasteiger partial charge is 0.231 e. The molecule has 2 aromatic rings. The third-order valence-corrected chi connectivity index (χ3v) is 3.11. The van der Waals surface area contributed by atoms with Gasteiger partial charge >= 0.3 is 0 Å². The lowest BCUT2D eigenvalue weighted by Crippen LogP contribution is -2.17. The second-order valence-electron chi connectivity index (χ2n) is 4.73. The first-order valence-corrected chi connectivity index (χ1v) is 7.06. The van der Waals surface area contributed by atoms with Crippen LogP contribution in [0.3, 0.4) is 0 Å². The summed E-state index contributed by atoms with van der Waals surface area (Å²) in [5, 5.41) is 6.90. The molecule has 0 saturated carbocycles. The number of hydrogen-bond acceptors (Lipinski definition) is 6. The fourth-order valence-electron chi connectivity index (χ4n) is 1.73. The number of aromatic nitrogens is 3. The molecule has 0 amide bonds. The minimum Gasteiger partial charge on any atom is -0.357 e. The number of benzene rings is 1. The summed E-state index contributed by atoms with van der Waals surface area (Å²) in [4.78, 5) is 14.8. The van der Waals surface area contributed by atoms with E-state index in [4.69, 9.17) is 11.6 Å². The summed E-state index contributed by atoms with van der Waals surface area (Å²) in [6, 6.07) is 7.82. The second-order valence-corrected chi connectivity index (χ2v) is 5.17. The van der Waals surface area contributed by atoms with E-state index in [2.05, 4.69) is 25.6 Å². The van der Waals surface area contributed by atoms with Gasteiger partial charge in [0.05, 0.1) is 0 Å². The van der Waals surface area contributed by atoms with Crippen LogP contribution < -0.4 is 15.5 Å². The van der Waals surface area contributed by atoms with Gasteiger partial charge in [-0.1, -0.05) is 23.7 Å². The Morgan fingerprint density at radius 2 is 1.71 bits per heavy atom. The highest BCUT2D eigenvalue weighted by Gasteiger charge is 2.06. The van der Waals surface area contributed by atoms with Crippen molar-refractivity contribution in [2.75, 3.05) is 43.2 Å². The number of nitrogens with zero attached hydrogens (tertiary/aromatic N) is 4. The van der Waals surface area contributed by atoms with Crippen LogP contribution in [0.5, 0.6) is 0 Å². The van der Waals surface area contributed by atoms with E-state index in [9.17, 15) is 0 Å². The molecule has 2 N–H and O–H groups in total. The van der Waals surface area contributed by atoms with Crippen molar-refractivity contribution in [1.82, 2.24) is 15.0 Å².